The Hall–Kier alpha value is -2.33. The van der Waals surface area contributed by atoms with Crippen molar-refractivity contribution in [3.8, 4) is 22.4 Å². The third-order valence-corrected chi connectivity index (χ3v) is 3.66. The summed E-state index contributed by atoms with van der Waals surface area (Å²) in [5.41, 5.74) is 8.88. The summed E-state index contributed by atoms with van der Waals surface area (Å²) in [6.45, 7) is 0. The second-order valence-electron chi connectivity index (χ2n) is 4.72. The van der Waals surface area contributed by atoms with Gasteiger partial charge < -0.3 is 5.73 Å². The predicted octanol–water partition coefficient (Wildman–Crippen LogP) is 4.13. The van der Waals surface area contributed by atoms with Gasteiger partial charge in [0.05, 0.1) is 10.6 Å². The smallest absolute Gasteiger partial charge is 0.129 e. The fraction of sp³-hybridized carbons (Fsp3) is 0.0625. The van der Waals surface area contributed by atoms with Crippen LogP contribution in [0.4, 0.5) is 10.2 Å². The van der Waals surface area contributed by atoms with Gasteiger partial charge >= 0.3 is 0 Å². The lowest BCUT2D eigenvalue weighted by molar-refractivity contribution is 0.628. The molecule has 2 N–H and O–H groups in total. The molecule has 3 aromatic rings. The molecule has 1 aromatic heterocycles. The highest BCUT2D eigenvalue weighted by atomic mass is 35.5. The number of anilines is 1. The Bertz CT molecular complexity index is 811. The SMILES string of the molecule is Cn1nc(-c2ccccc2Cl)c(-c2cccc(F)c2)c1N. The van der Waals surface area contributed by atoms with Crippen molar-refractivity contribution in [2.75, 3.05) is 5.73 Å². The van der Waals surface area contributed by atoms with Crippen molar-refractivity contribution in [1.82, 2.24) is 9.78 Å². The van der Waals surface area contributed by atoms with E-state index in [0.717, 1.165) is 5.56 Å². The Labute approximate surface area is 126 Å². The quantitative estimate of drug-likeness (QED) is 0.773. The average molecular weight is 302 g/mol. The molecule has 0 saturated heterocycles. The van der Waals surface area contributed by atoms with Gasteiger partial charge in [-0.2, -0.15) is 5.10 Å². The molecule has 0 aliphatic rings. The Balaban J connectivity index is 2.29. The first-order valence-electron chi connectivity index (χ1n) is 6.41. The largest absolute Gasteiger partial charge is 0.383 e. The highest BCUT2D eigenvalue weighted by Gasteiger charge is 2.19. The number of rotatable bonds is 2. The van der Waals surface area contributed by atoms with Gasteiger partial charge in [0.2, 0.25) is 0 Å². The zero-order chi connectivity index (χ0) is 15.0. The van der Waals surface area contributed by atoms with Crippen LogP contribution in [-0.4, -0.2) is 9.78 Å². The fourth-order valence-electron chi connectivity index (χ4n) is 2.31. The summed E-state index contributed by atoms with van der Waals surface area (Å²) < 4.78 is 15.1. The normalized spacial score (nSPS) is 10.8. The molecular weight excluding hydrogens is 289 g/mol. The number of benzene rings is 2. The minimum absolute atomic E-state index is 0.319. The highest BCUT2D eigenvalue weighted by molar-refractivity contribution is 6.33. The lowest BCUT2D eigenvalue weighted by Gasteiger charge is -2.06. The minimum atomic E-state index is -0.319. The summed E-state index contributed by atoms with van der Waals surface area (Å²) in [5, 5.41) is 5.01. The maximum absolute atomic E-state index is 13.5. The van der Waals surface area contributed by atoms with Crippen molar-refractivity contribution < 1.29 is 4.39 Å². The second-order valence-corrected chi connectivity index (χ2v) is 5.13. The highest BCUT2D eigenvalue weighted by Crippen LogP contribution is 2.38. The molecule has 0 aliphatic carbocycles. The number of nitrogens with two attached hydrogens (primary N) is 1. The van der Waals surface area contributed by atoms with Crippen LogP contribution in [0, 0.1) is 5.82 Å². The summed E-state index contributed by atoms with van der Waals surface area (Å²) in [6.07, 6.45) is 0. The molecule has 106 valence electrons. The Morgan fingerprint density at radius 1 is 1.14 bits per heavy atom. The van der Waals surface area contributed by atoms with Crippen LogP contribution < -0.4 is 5.73 Å². The molecule has 1 heterocycles. The van der Waals surface area contributed by atoms with Crippen molar-refractivity contribution in [3.63, 3.8) is 0 Å². The third-order valence-electron chi connectivity index (χ3n) is 3.33. The minimum Gasteiger partial charge on any atom is -0.383 e. The molecule has 0 radical (unpaired) electrons. The van der Waals surface area contributed by atoms with Crippen molar-refractivity contribution in [2.45, 2.75) is 0 Å². The Morgan fingerprint density at radius 3 is 2.62 bits per heavy atom. The standard InChI is InChI=1S/C16H13ClFN3/c1-21-16(19)14(10-5-4-6-11(18)9-10)15(20-21)12-7-2-3-8-13(12)17/h2-9H,19H2,1H3. The maximum atomic E-state index is 13.5. The van der Waals surface area contributed by atoms with E-state index in [9.17, 15) is 4.39 Å². The van der Waals surface area contributed by atoms with Gasteiger partial charge in [0.15, 0.2) is 0 Å². The van der Waals surface area contributed by atoms with Gasteiger partial charge in [-0.25, -0.2) is 4.39 Å². The van der Waals surface area contributed by atoms with Gasteiger partial charge in [0.1, 0.15) is 17.3 Å². The monoisotopic (exact) mass is 301 g/mol. The Morgan fingerprint density at radius 2 is 1.90 bits per heavy atom. The number of hydrogen-bond acceptors (Lipinski definition) is 2. The maximum Gasteiger partial charge on any atom is 0.129 e. The van der Waals surface area contributed by atoms with Crippen LogP contribution in [0.1, 0.15) is 0 Å². The van der Waals surface area contributed by atoms with E-state index in [-0.39, 0.29) is 5.82 Å². The van der Waals surface area contributed by atoms with Gasteiger partial charge in [0.25, 0.3) is 0 Å². The molecule has 3 rings (SSSR count). The van der Waals surface area contributed by atoms with Crippen molar-refractivity contribution in [3.05, 3.63) is 59.4 Å². The van der Waals surface area contributed by atoms with Crippen LogP contribution in [0.3, 0.4) is 0 Å². The number of aryl methyl sites for hydroxylation is 1. The van der Waals surface area contributed by atoms with Crippen LogP contribution in [0.2, 0.25) is 5.02 Å². The number of halogens is 2. The fourth-order valence-corrected chi connectivity index (χ4v) is 2.53. The molecular formula is C16H13ClFN3. The summed E-state index contributed by atoms with van der Waals surface area (Å²) in [4.78, 5) is 0. The molecule has 0 saturated carbocycles. The molecule has 0 amide bonds. The molecule has 2 aromatic carbocycles. The van der Waals surface area contributed by atoms with Crippen LogP contribution in [0.15, 0.2) is 48.5 Å². The first-order valence-corrected chi connectivity index (χ1v) is 6.79. The van der Waals surface area contributed by atoms with Gasteiger partial charge in [-0.05, 0) is 23.8 Å². The van der Waals surface area contributed by atoms with Crippen molar-refractivity contribution >= 4 is 17.4 Å². The van der Waals surface area contributed by atoms with E-state index in [0.29, 0.717) is 27.7 Å². The Kier molecular flexibility index (Phi) is 3.39. The van der Waals surface area contributed by atoms with E-state index in [4.69, 9.17) is 17.3 Å². The molecule has 5 heteroatoms. The zero-order valence-electron chi connectivity index (χ0n) is 11.3. The molecule has 0 aliphatic heterocycles. The number of nitrogen functional groups attached to an aromatic ring is 1. The van der Waals surface area contributed by atoms with E-state index < -0.39 is 0 Å². The second kappa shape index (κ2) is 5.22. The van der Waals surface area contributed by atoms with Crippen molar-refractivity contribution in [2.24, 2.45) is 7.05 Å². The van der Waals surface area contributed by atoms with Gasteiger partial charge in [-0.1, -0.05) is 41.9 Å². The molecule has 3 nitrogen and oxygen atoms in total. The topological polar surface area (TPSA) is 43.8 Å². The molecule has 0 atom stereocenters. The number of aromatic nitrogens is 2. The van der Waals surface area contributed by atoms with Crippen LogP contribution in [0.5, 0.6) is 0 Å². The number of nitrogens with zero attached hydrogens (tertiary/aromatic N) is 2. The van der Waals surface area contributed by atoms with Gasteiger partial charge in [-0.15, -0.1) is 0 Å². The molecule has 0 fully saturated rings. The predicted molar refractivity (Wildman–Crippen MR) is 83.5 cm³/mol. The third kappa shape index (κ3) is 2.38. The summed E-state index contributed by atoms with van der Waals surface area (Å²) >= 11 is 6.25. The van der Waals surface area contributed by atoms with Gasteiger partial charge in [-0.3, -0.25) is 4.68 Å². The molecule has 0 bridgehead atoms. The molecule has 21 heavy (non-hydrogen) atoms. The zero-order valence-corrected chi connectivity index (χ0v) is 12.1. The first-order chi connectivity index (χ1) is 10.1. The van der Waals surface area contributed by atoms with E-state index in [1.54, 1.807) is 29.9 Å². The summed E-state index contributed by atoms with van der Waals surface area (Å²) in [7, 11) is 1.75. The average Bonchev–Trinajstić information content (AvgIpc) is 2.75. The summed E-state index contributed by atoms with van der Waals surface area (Å²) in [6, 6.07) is 13.7. The summed E-state index contributed by atoms with van der Waals surface area (Å²) in [5.74, 6) is 0.149. The first kappa shape index (κ1) is 13.6. The number of hydrogen-bond donors (Lipinski definition) is 1. The van der Waals surface area contributed by atoms with Gasteiger partial charge in [0, 0.05) is 12.6 Å². The van der Waals surface area contributed by atoms with Crippen LogP contribution in [0.25, 0.3) is 22.4 Å². The van der Waals surface area contributed by atoms with Crippen LogP contribution in [-0.2, 0) is 7.05 Å². The lowest BCUT2D eigenvalue weighted by Crippen LogP contribution is -1.98. The van der Waals surface area contributed by atoms with E-state index in [2.05, 4.69) is 5.10 Å². The van der Waals surface area contributed by atoms with Crippen molar-refractivity contribution in [1.29, 1.82) is 0 Å². The molecule has 0 spiro atoms. The van der Waals surface area contributed by atoms with E-state index >= 15 is 0 Å². The molecule has 0 unspecified atom stereocenters. The van der Waals surface area contributed by atoms with Crippen LogP contribution >= 0.6 is 11.6 Å². The lowest BCUT2D eigenvalue weighted by atomic mass is 10.0. The van der Waals surface area contributed by atoms with E-state index in [1.165, 1.54) is 12.1 Å². The van der Waals surface area contributed by atoms with E-state index in [1.807, 2.05) is 18.2 Å².